The van der Waals surface area contributed by atoms with E-state index in [4.69, 9.17) is 15.2 Å². The molecule has 0 aliphatic carbocycles. The maximum absolute atomic E-state index is 12.7. The number of primary amides is 1. The van der Waals surface area contributed by atoms with Gasteiger partial charge in [0.05, 0.1) is 43.4 Å². The Balaban J connectivity index is 2.05. The number of nitrogens with two attached hydrogens (primary N) is 1. The van der Waals surface area contributed by atoms with Crippen LogP contribution in [0.25, 0.3) is 11.1 Å². The second-order valence-electron chi connectivity index (χ2n) is 7.33. The maximum atomic E-state index is 12.7. The van der Waals surface area contributed by atoms with Gasteiger partial charge in [-0.2, -0.15) is 5.10 Å². The Kier molecular flexibility index (Phi) is 5.95. The third kappa shape index (κ3) is 4.22. The summed E-state index contributed by atoms with van der Waals surface area (Å²) in [5.41, 5.74) is 7.76. The zero-order valence-electron chi connectivity index (χ0n) is 17.4. The van der Waals surface area contributed by atoms with Crippen molar-refractivity contribution in [2.75, 3.05) is 23.5 Å². The summed E-state index contributed by atoms with van der Waals surface area (Å²) in [5, 5.41) is 4.13. The number of fused-ring (bicyclic) bond motifs is 1. The Morgan fingerprint density at radius 3 is 2.57 bits per heavy atom. The second kappa shape index (κ2) is 8.44. The van der Waals surface area contributed by atoms with Crippen molar-refractivity contribution >= 4 is 29.5 Å². The molecule has 0 fully saturated rings. The van der Waals surface area contributed by atoms with E-state index in [2.05, 4.69) is 5.10 Å². The van der Waals surface area contributed by atoms with E-state index in [-0.39, 0.29) is 25.2 Å². The van der Waals surface area contributed by atoms with Gasteiger partial charge in [-0.1, -0.05) is 6.07 Å². The zero-order valence-corrected chi connectivity index (χ0v) is 17.4. The minimum Gasteiger partial charge on any atom is -0.452 e. The average Bonchev–Trinajstić information content (AvgIpc) is 3.13. The summed E-state index contributed by atoms with van der Waals surface area (Å²) in [5.74, 6) is -0.500. The fraction of sp³-hybridized carbons (Fsp3) is 0.400. The maximum Gasteiger partial charge on any atom is 0.414 e. The van der Waals surface area contributed by atoms with Crippen molar-refractivity contribution in [1.29, 1.82) is 0 Å². The van der Waals surface area contributed by atoms with E-state index in [1.165, 1.54) is 21.6 Å². The summed E-state index contributed by atoms with van der Waals surface area (Å²) in [6, 6.07) is 5.03. The highest BCUT2D eigenvalue weighted by Gasteiger charge is 2.36. The Hall–Kier alpha value is -3.56. The molecule has 30 heavy (non-hydrogen) atoms. The Morgan fingerprint density at radius 1 is 1.20 bits per heavy atom. The predicted octanol–water partition coefficient (Wildman–Crippen LogP) is 2.36. The highest BCUT2D eigenvalue weighted by molar-refractivity contribution is 6.01. The Bertz CT molecular complexity index is 970. The predicted molar refractivity (Wildman–Crippen MR) is 110 cm³/mol. The molecule has 1 atom stereocenters. The van der Waals surface area contributed by atoms with Gasteiger partial charge in [0.1, 0.15) is 6.54 Å². The first-order valence-electron chi connectivity index (χ1n) is 9.51. The third-order valence-corrected chi connectivity index (χ3v) is 4.63. The molecule has 2 heterocycles. The number of ether oxygens (including phenoxy) is 2. The molecule has 0 unspecified atom stereocenters. The Morgan fingerprint density at radius 2 is 1.93 bits per heavy atom. The fourth-order valence-corrected chi connectivity index (χ4v) is 3.38. The fourth-order valence-electron chi connectivity index (χ4n) is 3.38. The van der Waals surface area contributed by atoms with Gasteiger partial charge < -0.3 is 15.2 Å². The quantitative estimate of drug-likeness (QED) is 0.818. The lowest BCUT2D eigenvalue weighted by Gasteiger charge is -2.40. The van der Waals surface area contributed by atoms with Crippen LogP contribution in [0.15, 0.2) is 30.6 Å². The monoisotopic (exact) mass is 415 g/mol. The van der Waals surface area contributed by atoms with Gasteiger partial charge in [-0.3, -0.25) is 19.3 Å². The van der Waals surface area contributed by atoms with Crippen LogP contribution in [-0.2, 0) is 20.8 Å². The molecule has 3 rings (SSSR count). The SMILES string of the molecule is COC(=O)N1c2ccc(-c3cnn(CC(N)=O)c3)cc2N(C(=O)OC(C)C)C[C@@H]1C. The molecule has 0 spiro atoms. The van der Waals surface area contributed by atoms with Gasteiger partial charge in [-0.15, -0.1) is 0 Å². The van der Waals surface area contributed by atoms with Crippen molar-refractivity contribution in [1.82, 2.24) is 9.78 Å². The van der Waals surface area contributed by atoms with Crippen molar-refractivity contribution in [3.8, 4) is 11.1 Å². The molecule has 1 aliphatic rings. The second-order valence-corrected chi connectivity index (χ2v) is 7.33. The number of carbonyl (C=O) groups is 3. The van der Waals surface area contributed by atoms with Crippen LogP contribution in [0.2, 0.25) is 0 Å². The molecule has 0 radical (unpaired) electrons. The molecule has 1 aromatic heterocycles. The van der Waals surface area contributed by atoms with Crippen molar-refractivity contribution in [3.63, 3.8) is 0 Å². The third-order valence-electron chi connectivity index (χ3n) is 4.63. The molecule has 1 aliphatic heterocycles. The molecule has 1 aromatic carbocycles. The smallest absolute Gasteiger partial charge is 0.414 e. The van der Waals surface area contributed by atoms with Gasteiger partial charge >= 0.3 is 12.2 Å². The molecule has 3 amide bonds. The van der Waals surface area contributed by atoms with Crippen LogP contribution in [0.5, 0.6) is 0 Å². The van der Waals surface area contributed by atoms with Crippen LogP contribution in [0, 0.1) is 0 Å². The number of nitrogens with zero attached hydrogens (tertiary/aromatic N) is 4. The lowest BCUT2D eigenvalue weighted by molar-refractivity contribution is -0.118. The molecular weight excluding hydrogens is 390 g/mol. The lowest BCUT2D eigenvalue weighted by Crippen LogP contribution is -2.52. The van der Waals surface area contributed by atoms with E-state index in [0.717, 1.165) is 11.1 Å². The zero-order chi connectivity index (χ0) is 22.0. The molecule has 0 saturated heterocycles. The number of methoxy groups -OCH3 is 1. The van der Waals surface area contributed by atoms with E-state index >= 15 is 0 Å². The van der Waals surface area contributed by atoms with E-state index in [9.17, 15) is 14.4 Å². The largest absolute Gasteiger partial charge is 0.452 e. The lowest BCUT2D eigenvalue weighted by atomic mass is 10.0. The molecule has 2 N–H and O–H groups in total. The van der Waals surface area contributed by atoms with E-state index < -0.39 is 18.1 Å². The van der Waals surface area contributed by atoms with Crippen molar-refractivity contribution in [2.24, 2.45) is 5.73 Å². The van der Waals surface area contributed by atoms with E-state index in [1.54, 1.807) is 38.4 Å². The van der Waals surface area contributed by atoms with Gasteiger partial charge in [0, 0.05) is 11.8 Å². The number of anilines is 2. The van der Waals surface area contributed by atoms with Crippen LogP contribution >= 0.6 is 0 Å². The first kappa shape index (κ1) is 21.2. The minimum atomic E-state index is -0.511. The highest BCUT2D eigenvalue weighted by Crippen LogP contribution is 2.39. The molecule has 2 aromatic rings. The summed E-state index contributed by atoms with van der Waals surface area (Å²) >= 11 is 0. The van der Waals surface area contributed by atoms with Gasteiger partial charge in [0.15, 0.2) is 0 Å². The normalized spacial score (nSPS) is 15.7. The molecule has 10 heteroatoms. The van der Waals surface area contributed by atoms with Crippen molar-refractivity contribution in [2.45, 2.75) is 39.5 Å². The molecule has 10 nitrogen and oxygen atoms in total. The van der Waals surface area contributed by atoms with Crippen molar-refractivity contribution < 1.29 is 23.9 Å². The van der Waals surface area contributed by atoms with Crippen LogP contribution in [-0.4, -0.2) is 53.7 Å². The first-order valence-corrected chi connectivity index (χ1v) is 9.51. The van der Waals surface area contributed by atoms with Gasteiger partial charge in [-0.25, -0.2) is 9.59 Å². The number of rotatable bonds is 4. The van der Waals surface area contributed by atoms with Crippen LogP contribution < -0.4 is 15.5 Å². The van der Waals surface area contributed by atoms with E-state index in [1.807, 2.05) is 13.0 Å². The van der Waals surface area contributed by atoms with Crippen LogP contribution in [0.3, 0.4) is 0 Å². The topological polar surface area (TPSA) is 120 Å². The molecule has 0 saturated carbocycles. The van der Waals surface area contributed by atoms with Crippen molar-refractivity contribution in [3.05, 3.63) is 30.6 Å². The molecule has 0 bridgehead atoms. The van der Waals surface area contributed by atoms with E-state index in [0.29, 0.717) is 11.4 Å². The van der Waals surface area contributed by atoms with Crippen LogP contribution in [0.4, 0.5) is 21.0 Å². The number of benzene rings is 1. The standard InChI is InChI=1S/C20H25N5O5/c1-12(2)30-19(27)24-9-13(3)25(20(28)29-4)16-6-5-14(7-17(16)24)15-8-22-23(10-15)11-18(21)26/h5-8,10,12-13H,9,11H2,1-4H3,(H2,21,26)/t13-/m0/s1. The van der Waals surface area contributed by atoms with Gasteiger partial charge in [0.2, 0.25) is 5.91 Å². The number of amides is 3. The summed E-state index contributed by atoms with van der Waals surface area (Å²) in [6.45, 7) is 5.59. The number of hydrogen-bond acceptors (Lipinski definition) is 6. The summed E-state index contributed by atoms with van der Waals surface area (Å²) in [6.07, 6.45) is 1.99. The van der Waals surface area contributed by atoms with Crippen LogP contribution in [0.1, 0.15) is 20.8 Å². The number of carbonyl (C=O) groups excluding carboxylic acids is 3. The molecular formula is C20H25N5O5. The average molecular weight is 415 g/mol. The number of hydrogen-bond donors (Lipinski definition) is 1. The summed E-state index contributed by atoms with van der Waals surface area (Å²) in [4.78, 5) is 39.2. The van der Waals surface area contributed by atoms with Gasteiger partial charge in [0.25, 0.3) is 0 Å². The Labute approximate surface area is 174 Å². The summed E-state index contributed by atoms with van der Waals surface area (Å²) < 4.78 is 11.8. The first-order chi connectivity index (χ1) is 14.2. The number of aromatic nitrogens is 2. The summed E-state index contributed by atoms with van der Waals surface area (Å²) in [7, 11) is 1.32. The van der Waals surface area contributed by atoms with Gasteiger partial charge in [-0.05, 0) is 38.5 Å². The molecule has 160 valence electrons. The highest BCUT2D eigenvalue weighted by atomic mass is 16.6. The minimum absolute atomic E-state index is 0.0363.